The summed E-state index contributed by atoms with van der Waals surface area (Å²) in [6, 6.07) is 20.1. The third-order valence-corrected chi connectivity index (χ3v) is 7.19. The van der Waals surface area contributed by atoms with Crippen LogP contribution in [-0.4, -0.2) is 23.0 Å². The molecule has 29 heavy (non-hydrogen) atoms. The summed E-state index contributed by atoms with van der Waals surface area (Å²) in [5, 5.41) is 7.51. The Balaban J connectivity index is 1.87. The average molecular weight is 493 g/mol. The van der Waals surface area contributed by atoms with Gasteiger partial charge in [0.2, 0.25) is 0 Å². The van der Waals surface area contributed by atoms with Crippen LogP contribution in [0.3, 0.4) is 0 Å². The van der Waals surface area contributed by atoms with E-state index in [-0.39, 0.29) is 12.1 Å². The van der Waals surface area contributed by atoms with Crippen molar-refractivity contribution >= 4 is 37.9 Å². The molecule has 0 amide bonds. The van der Waals surface area contributed by atoms with Gasteiger partial charge in [0, 0.05) is 0 Å². The standard InChI is InChI=1S/C26H31N2.Sb/c1-17-10-7-11-18(2)25(17)27-21(5)23-14-9-15-24(16-23)22(6)28-26-19(3)12-8-13-20(26)4;/h7-15,21-22,27-28H,1-6H3;. The third-order valence-electron chi connectivity index (χ3n) is 5.72. The van der Waals surface area contributed by atoms with E-state index >= 15 is 0 Å². The first-order valence-corrected chi connectivity index (χ1v) is 11.5. The Hall–Kier alpha value is -1.92. The zero-order chi connectivity index (χ0) is 21.1. The number of aryl methyl sites for hydroxylation is 4. The Morgan fingerprint density at radius 1 is 0.586 bits per heavy atom. The van der Waals surface area contributed by atoms with E-state index < -0.39 is 0 Å². The average Bonchev–Trinajstić information content (AvgIpc) is 2.67. The Bertz CT molecular complexity index is 891. The van der Waals surface area contributed by atoms with Gasteiger partial charge < -0.3 is 0 Å². The van der Waals surface area contributed by atoms with Crippen LogP contribution in [0.5, 0.6) is 0 Å². The minimum absolute atomic E-state index is 0.251. The summed E-state index contributed by atoms with van der Waals surface area (Å²) >= 11 is 1.80. The van der Waals surface area contributed by atoms with E-state index in [1.54, 1.807) is 23.0 Å². The van der Waals surface area contributed by atoms with Crippen LogP contribution in [0.15, 0.2) is 54.6 Å². The van der Waals surface area contributed by atoms with Crippen LogP contribution in [0.2, 0.25) is 0 Å². The molecule has 0 saturated heterocycles. The van der Waals surface area contributed by atoms with Gasteiger partial charge in [-0.15, -0.1) is 0 Å². The summed E-state index contributed by atoms with van der Waals surface area (Å²) in [6.45, 7) is 13.2. The van der Waals surface area contributed by atoms with Crippen molar-refractivity contribution in [2.24, 2.45) is 0 Å². The summed E-state index contributed by atoms with van der Waals surface area (Å²) < 4.78 is 1.40. The molecule has 0 aliphatic rings. The van der Waals surface area contributed by atoms with Gasteiger partial charge in [-0.05, 0) is 0 Å². The zero-order valence-electron chi connectivity index (χ0n) is 18.3. The molecule has 150 valence electrons. The number of hydrogen-bond donors (Lipinski definition) is 2. The third kappa shape index (κ3) is 4.81. The van der Waals surface area contributed by atoms with Crippen molar-refractivity contribution in [3.05, 3.63) is 88.0 Å². The predicted molar refractivity (Wildman–Crippen MR) is 128 cm³/mol. The fourth-order valence-corrected chi connectivity index (χ4v) is 5.48. The second kappa shape index (κ2) is 9.26. The molecule has 0 aliphatic heterocycles. The molecule has 3 aromatic rings. The van der Waals surface area contributed by atoms with Gasteiger partial charge >= 0.3 is 190 Å². The van der Waals surface area contributed by atoms with E-state index in [2.05, 4.69) is 107 Å². The quantitative estimate of drug-likeness (QED) is 0.408. The van der Waals surface area contributed by atoms with Crippen LogP contribution in [0.1, 0.15) is 59.3 Å². The van der Waals surface area contributed by atoms with E-state index in [9.17, 15) is 0 Å². The van der Waals surface area contributed by atoms with Crippen LogP contribution in [-0.2, 0) is 0 Å². The summed E-state index contributed by atoms with van der Waals surface area (Å²) in [5.74, 6) is 0. The number of nitrogens with one attached hydrogen (secondary N) is 2. The summed E-state index contributed by atoms with van der Waals surface area (Å²) in [4.78, 5) is 0. The van der Waals surface area contributed by atoms with Gasteiger partial charge in [-0.3, -0.25) is 0 Å². The van der Waals surface area contributed by atoms with Gasteiger partial charge in [0.05, 0.1) is 0 Å². The van der Waals surface area contributed by atoms with E-state index in [0.29, 0.717) is 0 Å². The van der Waals surface area contributed by atoms with Gasteiger partial charge in [0.15, 0.2) is 0 Å². The molecule has 3 aromatic carbocycles. The number of anilines is 2. The van der Waals surface area contributed by atoms with Crippen molar-refractivity contribution in [1.82, 2.24) is 0 Å². The Morgan fingerprint density at radius 2 is 0.897 bits per heavy atom. The number of benzene rings is 3. The molecule has 2 unspecified atom stereocenters. The van der Waals surface area contributed by atoms with Crippen molar-refractivity contribution in [3.63, 3.8) is 0 Å². The van der Waals surface area contributed by atoms with Gasteiger partial charge in [-0.25, -0.2) is 0 Å². The number of rotatable bonds is 6. The van der Waals surface area contributed by atoms with E-state index in [1.807, 2.05) is 0 Å². The molecule has 2 atom stereocenters. The Morgan fingerprint density at radius 3 is 1.24 bits per heavy atom. The van der Waals surface area contributed by atoms with Crippen LogP contribution < -0.4 is 14.1 Å². The van der Waals surface area contributed by atoms with Crippen LogP contribution in [0, 0.1) is 27.7 Å². The van der Waals surface area contributed by atoms with Gasteiger partial charge in [0.1, 0.15) is 0 Å². The molecule has 2 radical (unpaired) electrons. The molecular formula is C26H31N2Sb. The monoisotopic (exact) mass is 492 g/mol. The molecular weight excluding hydrogens is 462 g/mol. The first-order chi connectivity index (χ1) is 13.8. The predicted octanol–water partition coefficient (Wildman–Crippen LogP) is 6.06. The minimum atomic E-state index is 0.251. The first-order valence-electron chi connectivity index (χ1n) is 10.3. The molecule has 0 heterocycles. The molecule has 0 aliphatic carbocycles. The SMILES string of the molecule is Cc1cccc(C)c1NC(C)c1cccc(C(C)Nc2c(C)cccc2C)[c]1[Sb]. The Kier molecular flexibility index (Phi) is 6.96. The van der Waals surface area contributed by atoms with E-state index in [0.717, 1.165) is 0 Å². The number of hydrogen-bond acceptors (Lipinski definition) is 2. The summed E-state index contributed by atoms with van der Waals surface area (Å²) in [6.07, 6.45) is 0. The van der Waals surface area contributed by atoms with Gasteiger partial charge in [-0.1, -0.05) is 0 Å². The maximum atomic E-state index is 3.76. The van der Waals surface area contributed by atoms with Crippen molar-refractivity contribution in [2.45, 2.75) is 53.6 Å². The maximum absolute atomic E-state index is 3.76. The molecule has 0 saturated carbocycles. The van der Waals surface area contributed by atoms with E-state index in [4.69, 9.17) is 0 Å². The van der Waals surface area contributed by atoms with Crippen molar-refractivity contribution in [1.29, 1.82) is 0 Å². The van der Waals surface area contributed by atoms with Crippen LogP contribution in [0.4, 0.5) is 11.4 Å². The molecule has 3 rings (SSSR count). The topological polar surface area (TPSA) is 24.1 Å². The fraction of sp³-hybridized carbons (Fsp3) is 0.308. The second-order valence-electron chi connectivity index (χ2n) is 8.05. The molecule has 2 nitrogen and oxygen atoms in total. The summed E-state index contributed by atoms with van der Waals surface area (Å²) in [7, 11) is 0. The van der Waals surface area contributed by atoms with Crippen molar-refractivity contribution in [3.8, 4) is 0 Å². The van der Waals surface area contributed by atoms with Crippen LogP contribution >= 0.6 is 0 Å². The first kappa shape index (κ1) is 21.8. The molecule has 0 aromatic heterocycles. The van der Waals surface area contributed by atoms with Gasteiger partial charge in [0.25, 0.3) is 0 Å². The fourth-order valence-electron chi connectivity index (χ4n) is 3.95. The Labute approximate surface area is 189 Å². The number of para-hydroxylation sites is 2. The molecule has 0 fully saturated rings. The van der Waals surface area contributed by atoms with Crippen molar-refractivity contribution in [2.75, 3.05) is 10.6 Å². The van der Waals surface area contributed by atoms with Crippen molar-refractivity contribution < 1.29 is 0 Å². The molecule has 0 bridgehead atoms. The second-order valence-corrected chi connectivity index (χ2v) is 9.33. The molecule has 2 N–H and O–H groups in total. The van der Waals surface area contributed by atoms with Crippen LogP contribution in [0.25, 0.3) is 0 Å². The molecule has 0 spiro atoms. The van der Waals surface area contributed by atoms with E-state index in [1.165, 1.54) is 48.3 Å². The van der Waals surface area contributed by atoms with Gasteiger partial charge in [-0.2, -0.15) is 0 Å². The zero-order valence-corrected chi connectivity index (χ0v) is 20.9. The molecule has 3 heteroatoms. The summed E-state index contributed by atoms with van der Waals surface area (Å²) in [5.41, 5.74) is 10.4. The normalized spacial score (nSPS) is 13.1.